The molecule has 0 saturated carbocycles. The Morgan fingerprint density at radius 1 is 1.30 bits per heavy atom. The van der Waals surface area contributed by atoms with Gasteiger partial charge in [-0.2, -0.15) is 0 Å². The first-order valence-electron chi connectivity index (χ1n) is 4.33. The molecule has 1 nitrogen and oxygen atoms in total. The summed E-state index contributed by atoms with van der Waals surface area (Å²) >= 11 is 0. The fourth-order valence-corrected chi connectivity index (χ4v) is 1.45. The fourth-order valence-electron chi connectivity index (χ4n) is 1.45. The van der Waals surface area contributed by atoms with Crippen molar-refractivity contribution in [1.82, 2.24) is 0 Å². The minimum atomic E-state index is 0.556. The molecule has 1 aliphatic heterocycles. The highest BCUT2D eigenvalue weighted by molar-refractivity contribution is 4.73. The van der Waals surface area contributed by atoms with E-state index in [4.69, 9.17) is 4.74 Å². The van der Waals surface area contributed by atoms with Crippen LogP contribution in [0.25, 0.3) is 0 Å². The molecule has 1 heteroatoms. The highest BCUT2D eigenvalue weighted by atomic mass is 16.5. The van der Waals surface area contributed by atoms with Crippen molar-refractivity contribution in [2.45, 2.75) is 39.7 Å². The number of hydrogen-bond acceptors (Lipinski definition) is 1. The molecule has 1 aliphatic rings. The van der Waals surface area contributed by atoms with Crippen LogP contribution in [0.4, 0.5) is 0 Å². The van der Waals surface area contributed by atoms with E-state index < -0.39 is 0 Å². The van der Waals surface area contributed by atoms with E-state index in [0.29, 0.717) is 6.10 Å². The molecule has 1 heterocycles. The summed E-state index contributed by atoms with van der Waals surface area (Å²) < 4.78 is 5.58. The van der Waals surface area contributed by atoms with E-state index in [0.717, 1.165) is 18.4 Å². The van der Waals surface area contributed by atoms with Gasteiger partial charge in [-0.3, -0.25) is 0 Å². The van der Waals surface area contributed by atoms with E-state index in [-0.39, 0.29) is 0 Å². The smallest absolute Gasteiger partial charge is 0.0603 e. The van der Waals surface area contributed by atoms with Gasteiger partial charge in [-0.15, -0.1) is 0 Å². The Morgan fingerprint density at radius 2 is 2.00 bits per heavy atom. The highest BCUT2D eigenvalue weighted by Gasteiger charge is 2.23. The second-order valence-corrected chi connectivity index (χ2v) is 3.65. The van der Waals surface area contributed by atoms with Crippen LogP contribution >= 0.6 is 0 Å². The third kappa shape index (κ3) is 1.72. The molecule has 0 aromatic carbocycles. The lowest BCUT2D eigenvalue weighted by Crippen LogP contribution is -2.21. The second-order valence-electron chi connectivity index (χ2n) is 3.65. The van der Waals surface area contributed by atoms with E-state index >= 15 is 0 Å². The van der Waals surface area contributed by atoms with Gasteiger partial charge in [0.15, 0.2) is 0 Å². The quantitative estimate of drug-likeness (QED) is 0.575. The SMILES string of the molecule is CC(C)C(C)C1CCCO1. The second kappa shape index (κ2) is 3.38. The van der Waals surface area contributed by atoms with Crippen LogP contribution in [-0.4, -0.2) is 12.7 Å². The van der Waals surface area contributed by atoms with Crippen molar-refractivity contribution in [2.75, 3.05) is 6.61 Å². The summed E-state index contributed by atoms with van der Waals surface area (Å²) in [6.45, 7) is 7.82. The molecule has 2 unspecified atom stereocenters. The van der Waals surface area contributed by atoms with Crippen LogP contribution in [0.2, 0.25) is 0 Å². The van der Waals surface area contributed by atoms with Gasteiger partial charge < -0.3 is 4.74 Å². The summed E-state index contributed by atoms with van der Waals surface area (Å²) in [5, 5.41) is 0. The normalized spacial score (nSPS) is 29.4. The zero-order valence-electron chi connectivity index (χ0n) is 7.26. The average Bonchev–Trinajstić information content (AvgIpc) is 2.36. The number of ether oxygens (including phenoxy) is 1. The Bertz CT molecular complexity index is 92.9. The molecular weight excluding hydrogens is 124 g/mol. The molecule has 0 aliphatic carbocycles. The van der Waals surface area contributed by atoms with Gasteiger partial charge >= 0.3 is 0 Å². The van der Waals surface area contributed by atoms with Gasteiger partial charge in [0.05, 0.1) is 6.10 Å². The fraction of sp³-hybridized carbons (Fsp3) is 1.00. The summed E-state index contributed by atoms with van der Waals surface area (Å²) in [5.41, 5.74) is 0. The molecule has 0 amide bonds. The van der Waals surface area contributed by atoms with E-state index in [1.807, 2.05) is 0 Å². The van der Waals surface area contributed by atoms with Gasteiger partial charge in [-0.1, -0.05) is 20.8 Å². The first-order valence-corrected chi connectivity index (χ1v) is 4.33. The highest BCUT2D eigenvalue weighted by Crippen LogP contribution is 2.25. The standard InChI is InChI=1S/C9H18O/c1-7(2)8(3)9-5-4-6-10-9/h7-9H,4-6H2,1-3H3. The lowest BCUT2D eigenvalue weighted by molar-refractivity contribution is 0.0523. The van der Waals surface area contributed by atoms with Crippen molar-refractivity contribution in [2.24, 2.45) is 11.8 Å². The predicted molar refractivity (Wildman–Crippen MR) is 43.0 cm³/mol. The maximum Gasteiger partial charge on any atom is 0.0603 e. The number of hydrogen-bond donors (Lipinski definition) is 0. The van der Waals surface area contributed by atoms with Crippen molar-refractivity contribution in [3.8, 4) is 0 Å². The van der Waals surface area contributed by atoms with Gasteiger partial charge in [-0.05, 0) is 24.7 Å². The lowest BCUT2D eigenvalue weighted by atomic mass is 9.91. The van der Waals surface area contributed by atoms with Crippen LogP contribution in [0, 0.1) is 11.8 Å². The van der Waals surface area contributed by atoms with Crippen molar-refractivity contribution >= 4 is 0 Å². The van der Waals surface area contributed by atoms with Gasteiger partial charge in [-0.25, -0.2) is 0 Å². The zero-order valence-corrected chi connectivity index (χ0v) is 7.26. The molecule has 1 fully saturated rings. The molecule has 1 saturated heterocycles. The maximum atomic E-state index is 5.58. The van der Waals surface area contributed by atoms with Gasteiger partial charge in [0.2, 0.25) is 0 Å². The monoisotopic (exact) mass is 142 g/mol. The third-order valence-electron chi connectivity index (χ3n) is 2.60. The van der Waals surface area contributed by atoms with Crippen LogP contribution in [0.15, 0.2) is 0 Å². The van der Waals surface area contributed by atoms with Crippen molar-refractivity contribution < 1.29 is 4.74 Å². The minimum Gasteiger partial charge on any atom is -0.378 e. The van der Waals surface area contributed by atoms with Gasteiger partial charge in [0.25, 0.3) is 0 Å². The molecule has 0 aromatic rings. The van der Waals surface area contributed by atoms with Crippen molar-refractivity contribution in [1.29, 1.82) is 0 Å². The molecule has 10 heavy (non-hydrogen) atoms. The first kappa shape index (κ1) is 8.06. The summed E-state index contributed by atoms with van der Waals surface area (Å²) in [6, 6.07) is 0. The van der Waals surface area contributed by atoms with E-state index in [1.165, 1.54) is 12.8 Å². The van der Waals surface area contributed by atoms with E-state index in [1.54, 1.807) is 0 Å². The van der Waals surface area contributed by atoms with Crippen LogP contribution in [0.5, 0.6) is 0 Å². The minimum absolute atomic E-state index is 0.556. The largest absolute Gasteiger partial charge is 0.378 e. The van der Waals surface area contributed by atoms with Gasteiger partial charge in [0.1, 0.15) is 0 Å². The Balaban J connectivity index is 2.32. The Hall–Kier alpha value is -0.0400. The Labute approximate surface area is 63.8 Å². The zero-order chi connectivity index (χ0) is 7.56. The van der Waals surface area contributed by atoms with Crippen LogP contribution < -0.4 is 0 Å². The van der Waals surface area contributed by atoms with Gasteiger partial charge in [0, 0.05) is 6.61 Å². The molecular formula is C9H18O. The Morgan fingerprint density at radius 3 is 2.40 bits per heavy atom. The van der Waals surface area contributed by atoms with Crippen LogP contribution in [-0.2, 0) is 4.74 Å². The molecule has 60 valence electrons. The summed E-state index contributed by atoms with van der Waals surface area (Å²) in [5.74, 6) is 1.51. The van der Waals surface area contributed by atoms with Crippen LogP contribution in [0.1, 0.15) is 33.6 Å². The molecule has 0 N–H and O–H groups in total. The number of rotatable bonds is 2. The van der Waals surface area contributed by atoms with Crippen molar-refractivity contribution in [3.05, 3.63) is 0 Å². The summed E-state index contributed by atoms with van der Waals surface area (Å²) in [6.07, 6.45) is 3.10. The molecule has 0 aromatic heterocycles. The first-order chi connectivity index (χ1) is 4.72. The molecule has 0 bridgehead atoms. The molecule has 2 atom stereocenters. The van der Waals surface area contributed by atoms with E-state index in [2.05, 4.69) is 20.8 Å². The van der Waals surface area contributed by atoms with Crippen LogP contribution in [0.3, 0.4) is 0 Å². The maximum absolute atomic E-state index is 5.58. The third-order valence-corrected chi connectivity index (χ3v) is 2.60. The average molecular weight is 142 g/mol. The Kier molecular flexibility index (Phi) is 2.72. The summed E-state index contributed by atoms with van der Waals surface area (Å²) in [4.78, 5) is 0. The topological polar surface area (TPSA) is 9.23 Å². The molecule has 1 rings (SSSR count). The molecule has 0 radical (unpaired) electrons. The summed E-state index contributed by atoms with van der Waals surface area (Å²) in [7, 11) is 0. The van der Waals surface area contributed by atoms with Crippen molar-refractivity contribution in [3.63, 3.8) is 0 Å². The predicted octanol–water partition coefficient (Wildman–Crippen LogP) is 2.46. The lowest BCUT2D eigenvalue weighted by Gasteiger charge is -2.21. The van der Waals surface area contributed by atoms with E-state index in [9.17, 15) is 0 Å². The molecule has 0 spiro atoms.